The summed E-state index contributed by atoms with van der Waals surface area (Å²) >= 11 is 0. The Kier molecular flexibility index (Phi) is 20.3. The topological polar surface area (TPSA) is 48.0 Å². The van der Waals surface area contributed by atoms with E-state index in [2.05, 4.69) is 25.7 Å². The van der Waals surface area contributed by atoms with Crippen molar-refractivity contribution in [2.75, 3.05) is 41.0 Å². The Morgan fingerprint density at radius 3 is 1.73 bits per heavy atom. The van der Waals surface area contributed by atoms with Gasteiger partial charge in [-0.3, -0.25) is 4.79 Å². The van der Waals surface area contributed by atoms with E-state index in [1.54, 1.807) is 21.3 Å². The molecule has 1 aliphatic rings. The van der Waals surface area contributed by atoms with Crippen LogP contribution >= 0.6 is 12.4 Å². The van der Waals surface area contributed by atoms with Gasteiger partial charge in [0.2, 0.25) is 0 Å². The van der Waals surface area contributed by atoms with Crippen LogP contribution in [-0.2, 0) is 4.79 Å². The van der Waals surface area contributed by atoms with Crippen LogP contribution in [0.5, 0.6) is 17.2 Å². The summed E-state index contributed by atoms with van der Waals surface area (Å²) in [5, 5.41) is 0. The van der Waals surface area contributed by atoms with Gasteiger partial charge in [0.05, 0.1) is 27.2 Å². The number of carbonyl (C=O) groups excluding carboxylic acids is 1. The first kappa shape index (κ1) is 37.6. The summed E-state index contributed by atoms with van der Waals surface area (Å²) in [5.41, 5.74) is 0.888. The number of rotatable bonds is 22. The minimum atomic E-state index is -0.210. The van der Waals surface area contributed by atoms with Crippen molar-refractivity contribution < 1.29 is 19.0 Å². The Bertz CT molecular complexity index is 797. The van der Waals surface area contributed by atoms with E-state index in [1.165, 1.54) is 77.0 Å². The first-order valence-corrected chi connectivity index (χ1v) is 16.5. The van der Waals surface area contributed by atoms with E-state index >= 15 is 0 Å². The number of hydrogen-bond acceptors (Lipinski definition) is 5. The number of ketones is 1. The van der Waals surface area contributed by atoms with Crippen LogP contribution < -0.4 is 14.2 Å². The minimum Gasteiger partial charge on any atom is -0.496 e. The van der Waals surface area contributed by atoms with Gasteiger partial charge in [0.25, 0.3) is 0 Å². The molecular formula is C35H62ClNO4. The van der Waals surface area contributed by atoms with E-state index in [0.717, 1.165) is 56.3 Å². The van der Waals surface area contributed by atoms with Gasteiger partial charge < -0.3 is 19.1 Å². The van der Waals surface area contributed by atoms with Crippen LogP contribution in [0.25, 0.3) is 0 Å². The molecule has 2 rings (SSSR count). The standard InChI is InChI=1S/C35H61NO4.ClH/c1-7-8-9-10-11-12-13-14-15-16-17-18-20-31(35-33(39-5)24-30(38-4)25-34(35)40-6)32(37)21-19-22-36-26-28(2)23-29(3)27-36;/h24-25,28-29,31H,7-23,26-27H2,1-6H3;1H. The quantitative estimate of drug-likeness (QED) is 0.125. The number of hydrogen-bond donors (Lipinski definition) is 0. The van der Waals surface area contributed by atoms with Gasteiger partial charge in [0, 0.05) is 37.2 Å². The molecule has 1 fully saturated rings. The molecule has 0 bridgehead atoms. The second-order valence-corrected chi connectivity index (χ2v) is 12.5. The van der Waals surface area contributed by atoms with E-state index in [1.807, 2.05) is 12.1 Å². The summed E-state index contributed by atoms with van der Waals surface area (Å²) in [6.07, 6.45) is 19.4. The average Bonchev–Trinajstić information content (AvgIpc) is 2.94. The molecule has 1 saturated heterocycles. The maximum absolute atomic E-state index is 13.8. The molecule has 3 unspecified atom stereocenters. The van der Waals surface area contributed by atoms with E-state index in [4.69, 9.17) is 14.2 Å². The molecule has 1 aromatic rings. The van der Waals surface area contributed by atoms with Gasteiger partial charge >= 0.3 is 0 Å². The molecule has 5 nitrogen and oxygen atoms in total. The molecule has 0 aliphatic carbocycles. The van der Waals surface area contributed by atoms with E-state index in [9.17, 15) is 4.79 Å². The lowest BCUT2D eigenvalue weighted by molar-refractivity contribution is -0.121. The number of Topliss-reactive ketones (excluding diaryl/α,β-unsaturated/α-hetero) is 1. The molecule has 0 radical (unpaired) electrons. The molecule has 1 aliphatic heterocycles. The molecule has 0 spiro atoms. The Hall–Kier alpha value is -1.46. The van der Waals surface area contributed by atoms with Crippen molar-refractivity contribution in [2.24, 2.45) is 11.8 Å². The number of halogens is 1. The third kappa shape index (κ3) is 14.0. The molecular weight excluding hydrogens is 534 g/mol. The Labute approximate surface area is 258 Å². The molecule has 41 heavy (non-hydrogen) atoms. The van der Waals surface area contributed by atoms with Gasteiger partial charge in [-0.2, -0.15) is 0 Å². The number of ether oxygens (including phenoxy) is 3. The fraction of sp³-hybridized carbons (Fsp3) is 0.800. The molecule has 0 amide bonds. The van der Waals surface area contributed by atoms with Crippen LogP contribution in [-0.4, -0.2) is 51.6 Å². The monoisotopic (exact) mass is 595 g/mol. The fourth-order valence-electron chi connectivity index (χ4n) is 6.66. The first-order valence-electron chi connectivity index (χ1n) is 16.5. The molecule has 3 atom stereocenters. The second-order valence-electron chi connectivity index (χ2n) is 12.5. The van der Waals surface area contributed by atoms with Crippen molar-refractivity contribution in [1.29, 1.82) is 0 Å². The highest BCUT2D eigenvalue weighted by atomic mass is 35.5. The molecule has 0 aromatic heterocycles. The third-order valence-electron chi connectivity index (χ3n) is 8.68. The van der Waals surface area contributed by atoms with E-state index < -0.39 is 0 Å². The van der Waals surface area contributed by atoms with Crippen LogP contribution in [0, 0.1) is 11.8 Å². The maximum atomic E-state index is 13.8. The lowest BCUT2D eigenvalue weighted by Crippen LogP contribution is -2.39. The lowest BCUT2D eigenvalue weighted by atomic mass is 9.85. The Balaban J connectivity index is 0.00000840. The van der Waals surface area contributed by atoms with E-state index in [0.29, 0.717) is 29.5 Å². The molecule has 1 heterocycles. The highest BCUT2D eigenvalue weighted by Gasteiger charge is 2.28. The first-order chi connectivity index (χ1) is 19.4. The summed E-state index contributed by atoms with van der Waals surface area (Å²) in [6.45, 7) is 10.3. The Morgan fingerprint density at radius 1 is 0.780 bits per heavy atom. The summed E-state index contributed by atoms with van der Waals surface area (Å²) in [5.74, 6) is 3.64. The average molecular weight is 596 g/mol. The molecule has 238 valence electrons. The molecule has 6 heteroatoms. The lowest BCUT2D eigenvalue weighted by Gasteiger charge is -2.35. The summed E-state index contributed by atoms with van der Waals surface area (Å²) in [4.78, 5) is 16.3. The largest absolute Gasteiger partial charge is 0.496 e. The number of carbonyl (C=O) groups is 1. The number of methoxy groups -OCH3 is 3. The summed E-state index contributed by atoms with van der Waals surface area (Å²) in [6, 6.07) is 3.77. The predicted molar refractivity (Wildman–Crippen MR) is 175 cm³/mol. The van der Waals surface area contributed by atoms with Gasteiger partial charge in [-0.05, 0) is 37.6 Å². The third-order valence-corrected chi connectivity index (χ3v) is 8.68. The van der Waals surface area contributed by atoms with Gasteiger partial charge in [-0.1, -0.05) is 97.8 Å². The molecule has 1 aromatic carbocycles. The normalized spacial score (nSPS) is 18.0. The molecule has 0 saturated carbocycles. The van der Waals surface area contributed by atoms with Gasteiger partial charge in [0.15, 0.2) is 0 Å². The fourth-order valence-corrected chi connectivity index (χ4v) is 6.66. The number of unbranched alkanes of at least 4 members (excludes halogenated alkanes) is 11. The molecule has 0 N–H and O–H groups in total. The predicted octanol–water partition coefficient (Wildman–Crippen LogP) is 9.64. The van der Waals surface area contributed by atoms with Gasteiger partial charge in [-0.25, -0.2) is 0 Å². The van der Waals surface area contributed by atoms with Crippen LogP contribution in [0.4, 0.5) is 0 Å². The summed E-state index contributed by atoms with van der Waals surface area (Å²) in [7, 11) is 4.98. The minimum absolute atomic E-state index is 0. The zero-order valence-electron chi connectivity index (χ0n) is 27.3. The highest BCUT2D eigenvalue weighted by Crippen LogP contribution is 2.42. The van der Waals surface area contributed by atoms with Crippen LogP contribution in [0.2, 0.25) is 0 Å². The van der Waals surface area contributed by atoms with Crippen molar-refractivity contribution in [1.82, 2.24) is 4.90 Å². The zero-order valence-corrected chi connectivity index (χ0v) is 28.1. The van der Waals surface area contributed by atoms with Crippen LogP contribution in [0.15, 0.2) is 12.1 Å². The van der Waals surface area contributed by atoms with Crippen LogP contribution in [0.1, 0.15) is 135 Å². The smallest absolute Gasteiger partial charge is 0.140 e. The van der Waals surface area contributed by atoms with Crippen molar-refractivity contribution in [3.8, 4) is 17.2 Å². The van der Waals surface area contributed by atoms with Crippen LogP contribution in [0.3, 0.4) is 0 Å². The summed E-state index contributed by atoms with van der Waals surface area (Å²) < 4.78 is 17.0. The van der Waals surface area contributed by atoms with E-state index in [-0.39, 0.29) is 18.3 Å². The number of likely N-dealkylation sites (tertiary alicyclic amines) is 1. The van der Waals surface area contributed by atoms with Crippen molar-refractivity contribution >= 4 is 18.2 Å². The van der Waals surface area contributed by atoms with Gasteiger partial charge in [-0.15, -0.1) is 12.4 Å². The number of nitrogens with zero attached hydrogens (tertiary/aromatic N) is 1. The maximum Gasteiger partial charge on any atom is 0.140 e. The highest BCUT2D eigenvalue weighted by molar-refractivity contribution is 5.87. The van der Waals surface area contributed by atoms with Gasteiger partial charge in [0.1, 0.15) is 23.0 Å². The second kappa shape index (κ2) is 22.1. The zero-order chi connectivity index (χ0) is 29.2. The SMILES string of the molecule is CCCCCCCCCCCCCCC(C(=O)CCCN1CC(C)CC(C)C1)c1c(OC)cc(OC)cc1OC.Cl. The van der Waals surface area contributed by atoms with Crippen molar-refractivity contribution in [3.05, 3.63) is 17.7 Å². The number of benzene rings is 1. The van der Waals surface area contributed by atoms with Crippen molar-refractivity contribution in [2.45, 2.75) is 129 Å². The Morgan fingerprint density at radius 2 is 1.27 bits per heavy atom. The van der Waals surface area contributed by atoms with Crippen molar-refractivity contribution in [3.63, 3.8) is 0 Å². The number of piperidine rings is 1.